The molecule has 7 heteroatoms. The Balaban J connectivity index is 1.24. The number of H-pyrrole nitrogens is 1. The van der Waals surface area contributed by atoms with Crippen molar-refractivity contribution in [3.05, 3.63) is 54.2 Å². The summed E-state index contributed by atoms with van der Waals surface area (Å²) in [6.07, 6.45) is 7.88. The standard InChI is InChI=1S/C19H22N6O/c26-19(21-8-3-14-1-2-16-12-23-24-18(16)11-14)25-9-5-15(6-10-25)17-4-7-20-13-22-17/h1-2,4,7,11-13,15H,3,5-6,8-10H2,(H,21,26)(H,23,24). The summed E-state index contributed by atoms with van der Waals surface area (Å²) in [4.78, 5) is 22.6. The minimum absolute atomic E-state index is 0.0220. The topological polar surface area (TPSA) is 86.8 Å². The highest BCUT2D eigenvalue weighted by atomic mass is 16.2. The van der Waals surface area contributed by atoms with Gasteiger partial charge in [-0.25, -0.2) is 14.8 Å². The monoisotopic (exact) mass is 350 g/mol. The molecule has 3 aromatic rings. The van der Waals surface area contributed by atoms with Crippen molar-refractivity contribution in [2.45, 2.75) is 25.2 Å². The number of piperidine rings is 1. The molecule has 2 amide bonds. The maximum Gasteiger partial charge on any atom is 0.317 e. The van der Waals surface area contributed by atoms with Gasteiger partial charge in [-0.15, -0.1) is 0 Å². The van der Waals surface area contributed by atoms with Crippen molar-refractivity contribution in [3.8, 4) is 0 Å². The second kappa shape index (κ2) is 7.51. The van der Waals surface area contributed by atoms with Gasteiger partial charge in [0, 0.05) is 42.8 Å². The van der Waals surface area contributed by atoms with Crippen LogP contribution in [0.15, 0.2) is 43.0 Å². The maximum atomic E-state index is 12.4. The molecule has 0 saturated carbocycles. The van der Waals surface area contributed by atoms with Crippen molar-refractivity contribution in [2.24, 2.45) is 0 Å². The highest BCUT2D eigenvalue weighted by Gasteiger charge is 2.24. The minimum Gasteiger partial charge on any atom is -0.338 e. The third-order valence-corrected chi connectivity index (χ3v) is 5.00. The second-order valence-electron chi connectivity index (χ2n) is 6.67. The van der Waals surface area contributed by atoms with E-state index in [0.29, 0.717) is 12.5 Å². The zero-order valence-electron chi connectivity index (χ0n) is 14.6. The Morgan fingerprint density at radius 2 is 2.15 bits per heavy atom. The molecule has 26 heavy (non-hydrogen) atoms. The lowest BCUT2D eigenvalue weighted by atomic mass is 9.93. The zero-order chi connectivity index (χ0) is 17.8. The fraction of sp³-hybridized carbons (Fsp3) is 0.368. The Kier molecular flexibility index (Phi) is 4.77. The van der Waals surface area contributed by atoms with Crippen LogP contribution in [0.2, 0.25) is 0 Å². The molecule has 1 aliphatic rings. The number of aromatic amines is 1. The van der Waals surface area contributed by atoms with E-state index in [4.69, 9.17) is 0 Å². The van der Waals surface area contributed by atoms with E-state index in [1.165, 1.54) is 5.56 Å². The molecule has 0 atom stereocenters. The minimum atomic E-state index is 0.0220. The lowest BCUT2D eigenvalue weighted by Gasteiger charge is -2.31. The smallest absolute Gasteiger partial charge is 0.317 e. The summed E-state index contributed by atoms with van der Waals surface area (Å²) in [6.45, 7) is 2.16. The summed E-state index contributed by atoms with van der Waals surface area (Å²) in [7, 11) is 0. The highest BCUT2D eigenvalue weighted by molar-refractivity contribution is 5.78. The van der Waals surface area contributed by atoms with Gasteiger partial charge in [-0.05, 0) is 37.0 Å². The number of urea groups is 1. The molecule has 7 nitrogen and oxygen atoms in total. The average molecular weight is 350 g/mol. The summed E-state index contributed by atoms with van der Waals surface area (Å²) < 4.78 is 0. The van der Waals surface area contributed by atoms with Gasteiger partial charge in [0.1, 0.15) is 6.33 Å². The normalized spacial score (nSPS) is 15.3. The maximum absolute atomic E-state index is 12.4. The molecule has 3 heterocycles. The first-order valence-electron chi connectivity index (χ1n) is 9.00. The lowest BCUT2D eigenvalue weighted by molar-refractivity contribution is 0.181. The first-order valence-corrected chi connectivity index (χ1v) is 9.00. The first-order chi connectivity index (χ1) is 12.8. The number of nitrogens with zero attached hydrogens (tertiary/aromatic N) is 4. The van der Waals surface area contributed by atoms with Crippen LogP contribution in [0.1, 0.15) is 30.0 Å². The van der Waals surface area contributed by atoms with Crippen LogP contribution >= 0.6 is 0 Å². The number of hydrogen-bond donors (Lipinski definition) is 2. The van der Waals surface area contributed by atoms with E-state index in [9.17, 15) is 4.79 Å². The van der Waals surface area contributed by atoms with E-state index in [0.717, 1.165) is 48.9 Å². The van der Waals surface area contributed by atoms with E-state index >= 15 is 0 Å². The Morgan fingerprint density at radius 1 is 1.27 bits per heavy atom. The molecule has 1 aromatic carbocycles. The van der Waals surface area contributed by atoms with Gasteiger partial charge in [-0.2, -0.15) is 5.10 Å². The number of fused-ring (bicyclic) bond motifs is 1. The van der Waals surface area contributed by atoms with Gasteiger partial charge in [0.2, 0.25) is 0 Å². The van der Waals surface area contributed by atoms with E-state index in [1.807, 2.05) is 23.2 Å². The third-order valence-electron chi connectivity index (χ3n) is 5.00. The SMILES string of the molecule is O=C(NCCc1ccc2cn[nH]c2c1)N1CCC(c2ccncn2)CC1. The van der Waals surface area contributed by atoms with Gasteiger partial charge in [-0.3, -0.25) is 5.10 Å². The molecule has 0 spiro atoms. The number of amides is 2. The predicted molar refractivity (Wildman–Crippen MR) is 98.8 cm³/mol. The van der Waals surface area contributed by atoms with Crippen LogP contribution in [0.3, 0.4) is 0 Å². The summed E-state index contributed by atoms with van der Waals surface area (Å²) in [5.41, 5.74) is 3.29. The molecule has 2 aromatic heterocycles. The predicted octanol–water partition coefficient (Wildman–Crippen LogP) is 2.48. The van der Waals surface area contributed by atoms with E-state index in [-0.39, 0.29) is 6.03 Å². The number of likely N-dealkylation sites (tertiary alicyclic amines) is 1. The van der Waals surface area contributed by atoms with Gasteiger partial charge >= 0.3 is 6.03 Å². The molecule has 134 valence electrons. The quantitative estimate of drug-likeness (QED) is 0.757. The number of hydrogen-bond acceptors (Lipinski definition) is 4. The largest absolute Gasteiger partial charge is 0.338 e. The van der Waals surface area contributed by atoms with Gasteiger partial charge < -0.3 is 10.2 Å². The molecule has 4 rings (SSSR count). The Hall–Kier alpha value is -2.96. The van der Waals surface area contributed by atoms with Crippen molar-refractivity contribution >= 4 is 16.9 Å². The molecule has 1 fully saturated rings. The summed E-state index contributed by atoms with van der Waals surface area (Å²) >= 11 is 0. The molecule has 0 radical (unpaired) electrons. The van der Waals surface area contributed by atoms with Gasteiger partial charge in [0.25, 0.3) is 0 Å². The molecular weight excluding hydrogens is 328 g/mol. The van der Waals surface area contributed by atoms with Crippen molar-refractivity contribution < 1.29 is 4.79 Å². The third kappa shape index (κ3) is 3.66. The molecule has 2 N–H and O–H groups in total. The van der Waals surface area contributed by atoms with Crippen molar-refractivity contribution in [1.29, 1.82) is 0 Å². The van der Waals surface area contributed by atoms with Crippen LogP contribution in [-0.4, -0.2) is 50.7 Å². The van der Waals surface area contributed by atoms with Gasteiger partial charge in [0.05, 0.1) is 11.7 Å². The van der Waals surface area contributed by atoms with Crippen molar-refractivity contribution in [3.63, 3.8) is 0 Å². The number of rotatable bonds is 4. The van der Waals surface area contributed by atoms with E-state index < -0.39 is 0 Å². The zero-order valence-corrected chi connectivity index (χ0v) is 14.6. The number of aromatic nitrogens is 4. The first kappa shape index (κ1) is 16.5. The fourth-order valence-corrected chi connectivity index (χ4v) is 3.49. The molecule has 1 aliphatic heterocycles. The van der Waals surface area contributed by atoms with Crippen molar-refractivity contribution in [2.75, 3.05) is 19.6 Å². The molecule has 0 unspecified atom stereocenters. The van der Waals surface area contributed by atoms with E-state index in [1.54, 1.807) is 12.5 Å². The van der Waals surface area contributed by atoms with Gasteiger partial charge in [0.15, 0.2) is 0 Å². The number of benzene rings is 1. The molecule has 0 bridgehead atoms. The highest BCUT2D eigenvalue weighted by Crippen LogP contribution is 2.26. The van der Waals surface area contributed by atoms with Gasteiger partial charge in [-0.1, -0.05) is 12.1 Å². The number of carbonyl (C=O) groups is 1. The Morgan fingerprint density at radius 3 is 2.96 bits per heavy atom. The Bertz CT molecular complexity index is 870. The summed E-state index contributed by atoms with van der Waals surface area (Å²) in [5, 5.41) is 11.1. The summed E-state index contributed by atoms with van der Waals surface area (Å²) in [5.74, 6) is 0.420. The lowest BCUT2D eigenvalue weighted by Crippen LogP contribution is -2.44. The van der Waals surface area contributed by atoms with E-state index in [2.05, 4.69) is 37.6 Å². The van der Waals surface area contributed by atoms with Crippen LogP contribution in [0.5, 0.6) is 0 Å². The van der Waals surface area contributed by atoms with Crippen molar-refractivity contribution in [1.82, 2.24) is 30.4 Å². The number of carbonyl (C=O) groups excluding carboxylic acids is 1. The van der Waals surface area contributed by atoms with Crippen LogP contribution in [-0.2, 0) is 6.42 Å². The molecule has 1 saturated heterocycles. The number of nitrogens with one attached hydrogen (secondary N) is 2. The molecular formula is C19H22N6O. The van der Waals surface area contributed by atoms with Crippen LogP contribution in [0, 0.1) is 0 Å². The molecule has 0 aliphatic carbocycles. The fourth-order valence-electron chi connectivity index (χ4n) is 3.49. The van der Waals surface area contributed by atoms with Crippen LogP contribution in [0.25, 0.3) is 10.9 Å². The average Bonchev–Trinajstić information content (AvgIpc) is 3.16. The second-order valence-corrected chi connectivity index (χ2v) is 6.67. The van der Waals surface area contributed by atoms with Crippen LogP contribution in [0.4, 0.5) is 4.79 Å². The summed E-state index contributed by atoms with van der Waals surface area (Å²) in [6, 6.07) is 8.21. The Labute approximate surface area is 151 Å². The van der Waals surface area contributed by atoms with Crippen LogP contribution < -0.4 is 5.32 Å².